The van der Waals surface area contributed by atoms with Gasteiger partial charge < -0.3 is 14.6 Å². The first-order chi connectivity index (χ1) is 8.01. The quantitative estimate of drug-likeness (QED) is 0.684. The predicted molar refractivity (Wildman–Crippen MR) is 66.8 cm³/mol. The number of ether oxygens (including phenoxy) is 2. The summed E-state index contributed by atoms with van der Waals surface area (Å²) < 4.78 is 10.2. The van der Waals surface area contributed by atoms with Crippen LogP contribution in [0.15, 0.2) is 34.8 Å². The Morgan fingerprint density at radius 1 is 1.47 bits per heavy atom. The van der Waals surface area contributed by atoms with E-state index < -0.39 is 12.1 Å². The highest BCUT2D eigenvalue weighted by molar-refractivity contribution is 9.10. The molecule has 0 radical (unpaired) electrons. The molecular formula is C12H13BrO4. The number of carbonyl (C=O) groups excluding carboxylic acids is 1. The highest BCUT2D eigenvalue weighted by atomic mass is 79.9. The van der Waals surface area contributed by atoms with Gasteiger partial charge in [0, 0.05) is 4.47 Å². The molecule has 0 fully saturated rings. The largest absolute Gasteiger partial charge is 0.497 e. The van der Waals surface area contributed by atoms with Gasteiger partial charge in [0.05, 0.1) is 19.8 Å². The molecule has 1 N–H and O–H groups in total. The first-order valence-corrected chi connectivity index (χ1v) is 5.59. The fraction of sp³-hybridized carbons (Fsp3) is 0.250. The summed E-state index contributed by atoms with van der Waals surface area (Å²) in [5.41, 5.74) is 0.513. The van der Waals surface area contributed by atoms with Gasteiger partial charge in [-0.15, -0.1) is 0 Å². The van der Waals surface area contributed by atoms with E-state index in [2.05, 4.69) is 27.2 Å². The summed E-state index contributed by atoms with van der Waals surface area (Å²) in [7, 11) is 2.79. The van der Waals surface area contributed by atoms with Gasteiger partial charge in [0.2, 0.25) is 0 Å². The number of aliphatic hydroxyl groups excluding tert-OH is 1. The Balaban J connectivity index is 3.00. The lowest BCUT2D eigenvalue weighted by Crippen LogP contribution is -2.12. The molecule has 1 aromatic carbocycles. The molecule has 0 aromatic heterocycles. The number of hydrogen-bond acceptors (Lipinski definition) is 4. The Bertz CT molecular complexity index is 442. The Hall–Kier alpha value is -1.33. The molecule has 92 valence electrons. The minimum Gasteiger partial charge on any atom is -0.497 e. The minimum atomic E-state index is -1.11. The molecular weight excluding hydrogens is 288 g/mol. The van der Waals surface area contributed by atoms with Crippen LogP contribution in [-0.2, 0) is 9.53 Å². The van der Waals surface area contributed by atoms with Crippen LogP contribution < -0.4 is 4.74 Å². The third-order valence-corrected chi connectivity index (χ3v) is 2.97. The van der Waals surface area contributed by atoms with Gasteiger partial charge in [-0.1, -0.05) is 28.6 Å². The molecule has 0 saturated carbocycles. The summed E-state index contributed by atoms with van der Waals surface area (Å²) in [6.45, 7) is 3.51. The molecule has 0 amide bonds. The number of esters is 1. The lowest BCUT2D eigenvalue weighted by Gasteiger charge is -2.14. The van der Waals surface area contributed by atoms with E-state index in [1.165, 1.54) is 7.11 Å². The summed E-state index contributed by atoms with van der Waals surface area (Å²) in [4.78, 5) is 11.2. The standard InChI is InChI=1S/C12H13BrO4/c1-7(12(15)17-3)11(14)9-5-4-8(16-2)6-10(9)13/h4-6,11,14H,1H2,2-3H3. The molecule has 1 rings (SSSR count). The molecule has 0 aliphatic rings. The second kappa shape index (κ2) is 5.84. The molecule has 4 nitrogen and oxygen atoms in total. The van der Waals surface area contributed by atoms with Crippen LogP contribution in [0.4, 0.5) is 0 Å². The van der Waals surface area contributed by atoms with E-state index in [9.17, 15) is 9.90 Å². The van der Waals surface area contributed by atoms with Gasteiger partial charge >= 0.3 is 5.97 Å². The van der Waals surface area contributed by atoms with Gasteiger partial charge in [-0.2, -0.15) is 0 Å². The number of hydrogen-bond donors (Lipinski definition) is 1. The summed E-state index contributed by atoms with van der Waals surface area (Å²) >= 11 is 3.29. The fourth-order valence-electron chi connectivity index (χ4n) is 1.29. The van der Waals surface area contributed by atoms with Crippen LogP contribution in [0.1, 0.15) is 11.7 Å². The molecule has 1 aromatic rings. The topological polar surface area (TPSA) is 55.8 Å². The fourth-order valence-corrected chi connectivity index (χ4v) is 1.86. The molecule has 0 bridgehead atoms. The van der Waals surface area contributed by atoms with E-state index in [0.717, 1.165) is 0 Å². The van der Waals surface area contributed by atoms with Crippen molar-refractivity contribution < 1.29 is 19.4 Å². The Morgan fingerprint density at radius 2 is 2.12 bits per heavy atom. The van der Waals surface area contributed by atoms with Crippen molar-refractivity contribution in [3.63, 3.8) is 0 Å². The zero-order valence-corrected chi connectivity index (χ0v) is 11.2. The number of carbonyl (C=O) groups is 1. The van der Waals surface area contributed by atoms with E-state index in [0.29, 0.717) is 15.8 Å². The smallest absolute Gasteiger partial charge is 0.336 e. The number of halogens is 1. The zero-order valence-electron chi connectivity index (χ0n) is 9.57. The lowest BCUT2D eigenvalue weighted by molar-refractivity contribution is -0.137. The van der Waals surface area contributed by atoms with Crippen molar-refractivity contribution in [2.75, 3.05) is 14.2 Å². The Labute approximate surface area is 108 Å². The maximum Gasteiger partial charge on any atom is 0.336 e. The van der Waals surface area contributed by atoms with E-state index in [1.54, 1.807) is 25.3 Å². The third kappa shape index (κ3) is 3.08. The first kappa shape index (κ1) is 13.7. The monoisotopic (exact) mass is 300 g/mol. The lowest BCUT2D eigenvalue weighted by atomic mass is 10.0. The SMILES string of the molecule is C=C(C(=O)OC)C(O)c1ccc(OC)cc1Br. The second-order valence-corrected chi connectivity index (χ2v) is 4.16. The normalized spacial score (nSPS) is 11.8. The van der Waals surface area contributed by atoms with Crippen LogP contribution in [0.25, 0.3) is 0 Å². The summed E-state index contributed by atoms with van der Waals surface area (Å²) in [5.74, 6) is 0.0109. The molecule has 0 aliphatic heterocycles. The first-order valence-electron chi connectivity index (χ1n) is 4.79. The molecule has 0 aliphatic carbocycles. The van der Waals surface area contributed by atoms with Crippen molar-refractivity contribution in [1.29, 1.82) is 0 Å². The molecule has 1 unspecified atom stereocenters. The molecule has 0 saturated heterocycles. The maximum absolute atomic E-state index is 11.2. The van der Waals surface area contributed by atoms with Gasteiger partial charge in [0.1, 0.15) is 11.9 Å². The van der Waals surface area contributed by atoms with E-state index in [1.807, 2.05) is 0 Å². The van der Waals surface area contributed by atoms with Gasteiger partial charge in [0.25, 0.3) is 0 Å². The van der Waals surface area contributed by atoms with Crippen molar-refractivity contribution in [3.8, 4) is 5.75 Å². The zero-order chi connectivity index (χ0) is 13.0. The average molecular weight is 301 g/mol. The number of aliphatic hydroxyl groups is 1. The van der Waals surface area contributed by atoms with Crippen molar-refractivity contribution in [2.45, 2.75) is 6.10 Å². The summed E-state index contributed by atoms with van der Waals surface area (Å²) in [6, 6.07) is 5.04. The third-order valence-electron chi connectivity index (χ3n) is 2.28. The molecule has 5 heteroatoms. The van der Waals surface area contributed by atoms with Crippen LogP contribution in [0.5, 0.6) is 5.75 Å². The summed E-state index contributed by atoms with van der Waals surface area (Å²) in [5, 5.41) is 9.96. The van der Waals surface area contributed by atoms with Crippen LogP contribution in [0.3, 0.4) is 0 Å². The number of methoxy groups -OCH3 is 2. The van der Waals surface area contributed by atoms with Gasteiger partial charge in [-0.3, -0.25) is 0 Å². The molecule has 17 heavy (non-hydrogen) atoms. The predicted octanol–water partition coefficient (Wildman–Crippen LogP) is 2.22. The van der Waals surface area contributed by atoms with Crippen LogP contribution >= 0.6 is 15.9 Å². The van der Waals surface area contributed by atoms with Crippen molar-refractivity contribution in [2.24, 2.45) is 0 Å². The van der Waals surface area contributed by atoms with Crippen LogP contribution in [-0.4, -0.2) is 25.3 Å². The highest BCUT2D eigenvalue weighted by Gasteiger charge is 2.21. The minimum absolute atomic E-state index is 0.0154. The molecule has 0 spiro atoms. The van der Waals surface area contributed by atoms with Crippen molar-refractivity contribution in [1.82, 2.24) is 0 Å². The van der Waals surface area contributed by atoms with E-state index >= 15 is 0 Å². The van der Waals surface area contributed by atoms with E-state index in [4.69, 9.17) is 4.74 Å². The molecule has 1 atom stereocenters. The van der Waals surface area contributed by atoms with Crippen molar-refractivity contribution >= 4 is 21.9 Å². The maximum atomic E-state index is 11.2. The molecule has 0 heterocycles. The highest BCUT2D eigenvalue weighted by Crippen LogP contribution is 2.31. The Morgan fingerprint density at radius 3 is 2.59 bits per heavy atom. The number of benzene rings is 1. The van der Waals surface area contributed by atoms with Gasteiger partial charge in [-0.05, 0) is 17.7 Å². The van der Waals surface area contributed by atoms with Crippen LogP contribution in [0.2, 0.25) is 0 Å². The number of rotatable bonds is 4. The average Bonchev–Trinajstić information content (AvgIpc) is 2.35. The van der Waals surface area contributed by atoms with Crippen molar-refractivity contribution in [3.05, 3.63) is 40.4 Å². The van der Waals surface area contributed by atoms with Crippen LogP contribution in [0, 0.1) is 0 Å². The Kier molecular flexibility index (Phi) is 4.72. The summed E-state index contributed by atoms with van der Waals surface area (Å²) in [6.07, 6.45) is -1.11. The van der Waals surface area contributed by atoms with E-state index in [-0.39, 0.29) is 5.57 Å². The van der Waals surface area contributed by atoms with Gasteiger partial charge in [0.15, 0.2) is 0 Å². The van der Waals surface area contributed by atoms with Gasteiger partial charge in [-0.25, -0.2) is 4.79 Å². The second-order valence-electron chi connectivity index (χ2n) is 3.31.